The van der Waals surface area contributed by atoms with E-state index in [0.29, 0.717) is 27.1 Å². The summed E-state index contributed by atoms with van der Waals surface area (Å²) in [5.41, 5.74) is 0.717. The summed E-state index contributed by atoms with van der Waals surface area (Å²) < 4.78 is 0. The predicted octanol–water partition coefficient (Wildman–Crippen LogP) is 4.86. The molecule has 0 aliphatic rings. The molecule has 0 atom stereocenters. The molecule has 0 unspecified atom stereocenters. The van der Waals surface area contributed by atoms with Crippen LogP contribution in [0.25, 0.3) is 10.9 Å². The summed E-state index contributed by atoms with van der Waals surface area (Å²) in [6.07, 6.45) is 1.30. The van der Waals surface area contributed by atoms with Gasteiger partial charge in [-0.15, -0.1) is 0 Å². The Kier molecular flexibility index (Phi) is 5.24. The van der Waals surface area contributed by atoms with Crippen LogP contribution in [-0.4, -0.2) is 21.2 Å². The third-order valence-corrected chi connectivity index (χ3v) is 5.17. The van der Waals surface area contributed by atoms with Crippen molar-refractivity contribution in [1.82, 2.24) is 4.98 Å². The Labute approximate surface area is 175 Å². The van der Waals surface area contributed by atoms with Crippen LogP contribution >= 0.6 is 0 Å². The van der Waals surface area contributed by atoms with Crippen molar-refractivity contribution in [3.8, 4) is 5.75 Å². The summed E-state index contributed by atoms with van der Waals surface area (Å²) in [6.45, 7) is 11.8. The number of phenolic OH excluding ortho intramolecular Hbond substituents is 1. The number of aromatic amines is 1. The van der Waals surface area contributed by atoms with Crippen LogP contribution in [0.1, 0.15) is 63.0 Å². The standard InChI is InChI=1S/C24H28N2O4/c1-23(2,3)16-11-17(24(4,5)6)20(27)12-19(16)26(30)22(29)15-13-25-18-10-8-7-9-14(18)21(15)28/h7-13,27,30H,1-6H3,(H,25,28). The number of hydroxylamine groups is 1. The first-order valence-electron chi connectivity index (χ1n) is 9.84. The highest BCUT2D eigenvalue weighted by Gasteiger charge is 2.30. The summed E-state index contributed by atoms with van der Waals surface area (Å²) in [7, 11) is 0. The highest BCUT2D eigenvalue weighted by molar-refractivity contribution is 6.06. The molecule has 0 spiro atoms. The van der Waals surface area contributed by atoms with Crippen molar-refractivity contribution >= 4 is 22.5 Å². The third kappa shape index (κ3) is 3.83. The molecule has 0 radical (unpaired) electrons. The highest BCUT2D eigenvalue weighted by Crippen LogP contribution is 2.40. The van der Waals surface area contributed by atoms with Gasteiger partial charge in [-0.3, -0.25) is 14.8 Å². The Morgan fingerprint density at radius 2 is 1.57 bits per heavy atom. The average Bonchev–Trinajstić information content (AvgIpc) is 2.65. The molecule has 158 valence electrons. The Morgan fingerprint density at radius 1 is 0.967 bits per heavy atom. The van der Waals surface area contributed by atoms with Crippen molar-refractivity contribution in [2.24, 2.45) is 0 Å². The molecule has 3 aromatic rings. The fraction of sp³-hybridized carbons (Fsp3) is 0.333. The van der Waals surface area contributed by atoms with Crippen LogP contribution in [0, 0.1) is 0 Å². The topological polar surface area (TPSA) is 93.6 Å². The zero-order chi connectivity index (χ0) is 22.4. The molecule has 0 fully saturated rings. The predicted molar refractivity (Wildman–Crippen MR) is 119 cm³/mol. The largest absolute Gasteiger partial charge is 0.508 e. The van der Waals surface area contributed by atoms with Crippen molar-refractivity contribution in [2.45, 2.75) is 52.4 Å². The smallest absolute Gasteiger partial charge is 0.287 e. The average molecular weight is 408 g/mol. The first-order chi connectivity index (χ1) is 13.8. The van der Waals surface area contributed by atoms with E-state index in [2.05, 4.69) is 4.98 Å². The SMILES string of the molecule is CC(C)(C)c1cc(C(C)(C)C)c(N(O)C(=O)c2c[nH]c3ccccc3c2=O)cc1O. The van der Waals surface area contributed by atoms with Crippen LogP contribution in [0.3, 0.4) is 0 Å². The maximum Gasteiger partial charge on any atom is 0.287 e. The Balaban J connectivity index is 2.16. The Bertz CT molecular complexity index is 1180. The maximum atomic E-state index is 13.1. The molecule has 1 heterocycles. The molecular weight excluding hydrogens is 380 g/mol. The third-order valence-electron chi connectivity index (χ3n) is 5.17. The molecule has 0 aliphatic heterocycles. The van der Waals surface area contributed by atoms with Crippen molar-refractivity contribution in [2.75, 3.05) is 5.06 Å². The van der Waals surface area contributed by atoms with E-state index in [1.54, 1.807) is 24.3 Å². The minimum Gasteiger partial charge on any atom is -0.508 e. The van der Waals surface area contributed by atoms with Gasteiger partial charge in [0.1, 0.15) is 11.3 Å². The second-order valence-electron chi connectivity index (χ2n) is 9.58. The van der Waals surface area contributed by atoms with Crippen molar-refractivity contribution in [3.05, 3.63) is 69.5 Å². The van der Waals surface area contributed by atoms with Gasteiger partial charge in [0.25, 0.3) is 5.91 Å². The summed E-state index contributed by atoms with van der Waals surface area (Å²) >= 11 is 0. The van der Waals surface area contributed by atoms with Crippen LogP contribution in [0.4, 0.5) is 5.69 Å². The van der Waals surface area contributed by atoms with Crippen molar-refractivity contribution in [1.29, 1.82) is 0 Å². The minimum atomic E-state index is -0.865. The lowest BCUT2D eigenvalue weighted by atomic mass is 9.79. The van der Waals surface area contributed by atoms with E-state index in [0.717, 1.165) is 0 Å². The lowest BCUT2D eigenvalue weighted by Crippen LogP contribution is -2.33. The fourth-order valence-corrected chi connectivity index (χ4v) is 3.50. The van der Waals surface area contributed by atoms with Crippen molar-refractivity contribution < 1.29 is 15.1 Å². The monoisotopic (exact) mass is 408 g/mol. The Morgan fingerprint density at radius 3 is 2.17 bits per heavy atom. The summed E-state index contributed by atoms with van der Waals surface area (Å²) in [5, 5.41) is 22.2. The van der Waals surface area contributed by atoms with E-state index in [1.165, 1.54) is 12.3 Å². The van der Waals surface area contributed by atoms with Gasteiger partial charge >= 0.3 is 0 Å². The maximum absolute atomic E-state index is 13.1. The number of hydrogen-bond donors (Lipinski definition) is 3. The van der Waals surface area contributed by atoms with Gasteiger partial charge in [0, 0.05) is 23.2 Å². The zero-order valence-electron chi connectivity index (χ0n) is 18.2. The number of nitrogens with one attached hydrogen (secondary N) is 1. The number of amides is 1. The number of H-pyrrole nitrogens is 1. The van der Waals surface area contributed by atoms with Gasteiger partial charge in [-0.2, -0.15) is 5.06 Å². The van der Waals surface area contributed by atoms with Crippen LogP contribution in [0.2, 0.25) is 0 Å². The van der Waals surface area contributed by atoms with E-state index in [4.69, 9.17) is 0 Å². The fourth-order valence-electron chi connectivity index (χ4n) is 3.50. The number of rotatable bonds is 2. The number of nitrogens with zero attached hydrogens (tertiary/aromatic N) is 1. The number of aromatic nitrogens is 1. The lowest BCUT2D eigenvalue weighted by molar-refractivity contribution is 0.0852. The molecule has 3 N–H and O–H groups in total. The molecular formula is C24H28N2O4. The number of benzene rings is 2. The van der Waals surface area contributed by atoms with Crippen LogP contribution in [0.5, 0.6) is 5.75 Å². The number of pyridine rings is 1. The van der Waals surface area contributed by atoms with E-state index in [9.17, 15) is 19.9 Å². The quantitative estimate of drug-likeness (QED) is 0.417. The second kappa shape index (κ2) is 7.29. The summed E-state index contributed by atoms with van der Waals surface area (Å²) in [5.74, 6) is -0.889. The van der Waals surface area contributed by atoms with Gasteiger partial charge in [-0.25, -0.2) is 0 Å². The summed E-state index contributed by atoms with van der Waals surface area (Å²) in [6, 6.07) is 10.1. The first-order valence-corrected chi connectivity index (χ1v) is 9.84. The van der Waals surface area contributed by atoms with E-state index in [-0.39, 0.29) is 22.4 Å². The van der Waals surface area contributed by atoms with E-state index in [1.807, 2.05) is 47.6 Å². The van der Waals surface area contributed by atoms with Crippen LogP contribution in [-0.2, 0) is 10.8 Å². The van der Waals surface area contributed by atoms with E-state index >= 15 is 0 Å². The van der Waals surface area contributed by atoms with Crippen molar-refractivity contribution in [3.63, 3.8) is 0 Å². The van der Waals surface area contributed by atoms with Crippen LogP contribution in [0.15, 0.2) is 47.4 Å². The minimum absolute atomic E-state index is 0.0234. The van der Waals surface area contributed by atoms with Gasteiger partial charge in [0.05, 0.1) is 5.69 Å². The number of fused-ring (bicyclic) bond motifs is 1. The molecule has 0 bridgehead atoms. The van der Waals surface area contributed by atoms with Gasteiger partial charge in [0.15, 0.2) is 0 Å². The molecule has 1 amide bonds. The van der Waals surface area contributed by atoms with Gasteiger partial charge in [-0.05, 0) is 40.2 Å². The number of carbonyl (C=O) groups is 1. The first kappa shape index (κ1) is 21.6. The molecule has 30 heavy (non-hydrogen) atoms. The number of phenols is 1. The normalized spacial score (nSPS) is 12.2. The molecule has 6 nitrogen and oxygen atoms in total. The number of carbonyl (C=O) groups excluding carboxylic acids is 1. The van der Waals surface area contributed by atoms with Gasteiger partial charge in [-0.1, -0.05) is 53.7 Å². The highest BCUT2D eigenvalue weighted by atomic mass is 16.5. The molecule has 1 aromatic heterocycles. The molecule has 0 saturated carbocycles. The second-order valence-corrected chi connectivity index (χ2v) is 9.58. The number of para-hydroxylation sites is 1. The van der Waals surface area contributed by atoms with Crippen LogP contribution < -0.4 is 10.5 Å². The van der Waals surface area contributed by atoms with E-state index < -0.39 is 16.8 Å². The number of aromatic hydroxyl groups is 1. The van der Waals surface area contributed by atoms with Gasteiger partial charge in [0.2, 0.25) is 5.43 Å². The molecule has 3 rings (SSSR count). The molecule has 0 aliphatic carbocycles. The lowest BCUT2D eigenvalue weighted by Gasteiger charge is -2.30. The number of anilines is 1. The summed E-state index contributed by atoms with van der Waals surface area (Å²) in [4.78, 5) is 28.8. The molecule has 6 heteroatoms. The molecule has 2 aromatic carbocycles. The van der Waals surface area contributed by atoms with Gasteiger partial charge < -0.3 is 10.1 Å². The zero-order valence-corrected chi connectivity index (χ0v) is 18.2. The molecule has 0 saturated heterocycles. The number of hydrogen-bond acceptors (Lipinski definition) is 4. The Hall–Kier alpha value is -3.12.